The third-order valence-corrected chi connectivity index (χ3v) is 3.42. The summed E-state index contributed by atoms with van der Waals surface area (Å²) in [4.78, 5) is 12.6. The van der Waals surface area contributed by atoms with Crippen LogP contribution in [0.4, 0.5) is 10.1 Å². The van der Waals surface area contributed by atoms with E-state index in [1.165, 1.54) is 13.2 Å². The summed E-state index contributed by atoms with van der Waals surface area (Å²) in [5.74, 6) is -0.914. The zero-order chi connectivity index (χ0) is 16.1. The van der Waals surface area contributed by atoms with Crippen molar-refractivity contribution in [3.8, 4) is 5.75 Å². The molecule has 0 aliphatic carbocycles. The van der Waals surface area contributed by atoms with Gasteiger partial charge in [-0.25, -0.2) is 4.39 Å². The molecule has 0 aliphatic rings. The summed E-state index contributed by atoms with van der Waals surface area (Å²) in [7, 11) is 1.37. The van der Waals surface area contributed by atoms with E-state index in [0.29, 0.717) is 22.8 Å². The highest BCUT2D eigenvalue weighted by molar-refractivity contribution is 6.35. The highest BCUT2D eigenvalue weighted by Crippen LogP contribution is 2.29. The zero-order valence-corrected chi connectivity index (χ0v) is 12.8. The highest BCUT2D eigenvalue weighted by Gasteiger charge is 2.19. The van der Waals surface area contributed by atoms with Crippen LogP contribution in [0.25, 0.3) is 0 Å². The number of halogens is 2. The lowest BCUT2D eigenvalue weighted by Gasteiger charge is -2.13. The summed E-state index contributed by atoms with van der Waals surface area (Å²) in [6.07, 6.45) is 1.64. The van der Waals surface area contributed by atoms with Crippen molar-refractivity contribution < 1.29 is 13.9 Å². The molecule has 0 bridgehead atoms. The first-order valence-electron chi connectivity index (χ1n) is 6.60. The lowest BCUT2D eigenvalue weighted by Crippen LogP contribution is -2.10. The molecule has 2 aromatic carbocycles. The molecule has 0 amide bonds. The van der Waals surface area contributed by atoms with Gasteiger partial charge in [0.15, 0.2) is 17.3 Å². The van der Waals surface area contributed by atoms with Crippen molar-refractivity contribution in [1.29, 1.82) is 0 Å². The van der Waals surface area contributed by atoms with Crippen LogP contribution in [0.2, 0.25) is 5.02 Å². The molecule has 114 valence electrons. The number of rotatable bonds is 6. The Hall–Kier alpha value is -2.33. The molecule has 0 heterocycles. The Morgan fingerprint density at radius 3 is 2.73 bits per heavy atom. The second kappa shape index (κ2) is 7.09. The van der Waals surface area contributed by atoms with Crippen molar-refractivity contribution in [1.82, 2.24) is 0 Å². The number of hydrogen-bond acceptors (Lipinski definition) is 3. The number of ether oxygens (including phenoxy) is 1. The average Bonchev–Trinajstić information content (AvgIpc) is 2.53. The van der Waals surface area contributed by atoms with E-state index in [2.05, 4.69) is 11.9 Å². The first-order valence-corrected chi connectivity index (χ1v) is 6.97. The van der Waals surface area contributed by atoms with E-state index in [1.807, 2.05) is 0 Å². The molecule has 0 spiro atoms. The molecular weight excluding hydrogens is 305 g/mol. The van der Waals surface area contributed by atoms with Gasteiger partial charge in [0.2, 0.25) is 0 Å². The normalized spacial score (nSPS) is 10.1. The Bertz CT molecular complexity index is 716. The van der Waals surface area contributed by atoms with Gasteiger partial charge in [0, 0.05) is 29.4 Å². The van der Waals surface area contributed by atoms with Crippen molar-refractivity contribution in [2.75, 3.05) is 19.0 Å². The van der Waals surface area contributed by atoms with Gasteiger partial charge >= 0.3 is 0 Å². The molecular formula is C17H15ClFNO2. The molecule has 2 aromatic rings. The van der Waals surface area contributed by atoms with Gasteiger partial charge in [-0.15, -0.1) is 6.58 Å². The molecule has 0 saturated carbocycles. The first-order chi connectivity index (χ1) is 10.6. The maximum Gasteiger partial charge on any atom is 0.196 e. The Kier molecular flexibility index (Phi) is 5.17. The Balaban J connectivity index is 2.52. The van der Waals surface area contributed by atoms with E-state index in [4.69, 9.17) is 16.3 Å². The predicted molar refractivity (Wildman–Crippen MR) is 86.5 cm³/mol. The van der Waals surface area contributed by atoms with Gasteiger partial charge in [-0.3, -0.25) is 4.79 Å². The predicted octanol–water partition coefficient (Wildman–Crippen LogP) is 4.32. The lowest BCUT2D eigenvalue weighted by molar-refractivity contribution is 0.103. The quantitative estimate of drug-likeness (QED) is 0.636. The third-order valence-electron chi connectivity index (χ3n) is 3.09. The fourth-order valence-corrected chi connectivity index (χ4v) is 2.24. The fourth-order valence-electron chi connectivity index (χ4n) is 2.02. The summed E-state index contributed by atoms with van der Waals surface area (Å²) in [5.41, 5.74) is 0.965. The molecule has 0 unspecified atom stereocenters. The molecule has 0 fully saturated rings. The van der Waals surface area contributed by atoms with Gasteiger partial charge in [-0.1, -0.05) is 29.8 Å². The van der Waals surface area contributed by atoms with Gasteiger partial charge in [0.05, 0.1) is 12.1 Å². The second-order valence-electron chi connectivity index (χ2n) is 4.51. The van der Waals surface area contributed by atoms with Crippen LogP contribution in [-0.4, -0.2) is 19.4 Å². The smallest absolute Gasteiger partial charge is 0.196 e. The zero-order valence-electron chi connectivity index (χ0n) is 12.0. The number of carbonyl (C=O) groups excluding carboxylic acids is 1. The molecule has 2 rings (SSSR count). The molecule has 3 nitrogen and oxygen atoms in total. The summed E-state index contributed by atoms with van der Waals surface area (Å²) in [5, 5.41) is 3.32. The molecule has 22 heavy (non-hydrogen) atoms. The number of hydrogen-bond donors (Lipinski definition) is 1. The van der Waals surface area contributed by atoms with Crippen molar-refractivity contribution in [3.63, 3.8) is 0 Å². The topological polar surface area (TPSA) is 38.3 Å². The minimum Gasteiger partial charge on any atom is -0.494 e. The fraction of sp³-hybridized carbons (Fsp3) is 0.118. The Morgan fingerprint density at radius 2 is 2.09 bits per heavy atom. The van der Waals surface area contributed by atoms with Gasteiger partial charge < -0.3 is 10.1 Å². The van der Waals surface area contributed by atoms with E-state index in [0.717, 1.165) is 6.07 Å². The molecule has 0 radical (unpaired) electrons. The SMILES string of the molecule is C=CCNc1cc(OC)c(F)cc1C(=O)c1ccccc1Cl. The standard InChI is InChI=1S/C17H15ClFNO2/c1-3-8-20-15-10-16(22-2)14(19)9-12(15)17(21)11-6-4-5-7-13(11)18/h3-7,9-10,20H,1,8H2,2H3. The number of methoxy groups -OCH3 is 1. The maximum absolute atomic E-state index is 14.0. The van der Waals surface area contributed by atoms with Crippen LogP contribution in [0, 0.1) is 5.82 Å². The van der Waals surface area contributed by atoms with E-state index >= 15 is 0 Å². The third kappa shape index (κ3) is 3.28. The Morgan fingerprint density at radius 1 is 1.36 bits per heavy atom. The number of anilines is 1. The number of nitrogens with one attached hydrogen (secondary N) is 1. The van der Waals surface area contributed by atoms with Crippen LogP contribution >= 0.6 is 11.6 Å². The van der Waals surface area contributed by atoms with E-state index in [-0.39, 0.29) is 17.1 Å². The van der Waals surface area contributed by atoms with Crippen LogP contribution in [0.3, 0.4) is 0 Å². The van der Waals surface area contributed by atoms with Gasteiger partial charge in [-0.2, -0.15) is 0 Å². The maximum atomic E-state index is 14.0. The molecule has 5 heteroatoms. The average molecular weight is 320 g/mol. The summed E-state index contributed by atoms with van der Waals surface area (Å²) in [6, 6.07) is 9.24. The monoisotopic (exact) mass is 319 g/mol. The van der Waals surface area contributed by atoms with E-state index in [9.17, 15) is 9.18 Å². The summed E-state index contributed by atoms with van der Waals surface area (Å²) < 4.78 is 18.9. The molecule has 0 atom stereocenters. The van der Waals surface area contributed by atoms with Crippen molar-refractivity contribution in [3.05, 3.63) is 71.0 Å². The molecule has 0 aromatic heterocycles. The first kappa shape index (κ1) is 16.0. The highest BCUT2D eigenvalue weighted by atomic mass is 35.5. The summed E-state index contributed by atoms with van der Waals surface area (Å²) in [6.45, 7) is 4.04. The van der Waals surface area contributed by atoms with E-state index < -0.39 is 5.82 Å². The Labute approximate surface area is 133 Å². The van der Waals surface area contributed by atoms with Gasteiger partial charge in [-0.05, 0) is 18.2 Å². The number of ketones is 1. The van der Waals surface area contributed by atoms with Gasteiger partial charge in [0.25, 0.3) is 0 Å². The van der Waals surface area contributed by atoms with Crippen LogP contribution in [0.5, 0.6) is 5.75 Å². The van der Waals surface area contributed by atoms with Crippen molar-refractivity contribution in [2.45, 2.75) is 0 Å². The van der Waals surface area contributed by atoms with Crippen LogP contribution in [-0.2, 0) is 0 Å². The minimum atomic E-state index is -0.609. The van der Waals surface area contributed by atoms with Crippen molar-refractivity contribution >= 4 is 23.1 Å². The number of benzene rings is 2. The lowest BCUT2D eigenvalue weighted by atomic mass is 10.0. The van der Waals surface area contributed by atoms with Crippen molar-refractivity contribution in [2.24, 2.45) is 0 Å². The van der Waals surface area contributed by atoms with Crippen LogP contribution < -0.4 is 10.1 Å². The molecule has 0 saturated heterocycles. The molecule has 1 N–H and O–H groups in total. The van der Waals surface area contributed by atoms with Crippen LogP contribution in [0.15, 0.2) is 49.1 Å². The van der Waals surface area contributed by atoms with Gasteiger partial charge in [0.1, 0.15) is 0 Å². The minimum absolute atomic E-state index is 0.0577. The second-order valence-corrected chi connectivity index (χ2v) is 4.92. The van der Waals surface area contributed by atoms with Crippen LogP contribution in [0.1, 0.15) is 15.9 Å². The largest absolute Gasteiger partial charge is 0.494 e. The number of carbonyl (C=O) groups is 1. The van der Waals surface area contributed by atoms with E-state index in [1.54, 1.807) is 30.3 Å². The molecule has 0 aliphatic heterocycles. The summed E-state index contributed by atoms with van der Waals surface area (Å²) >= 11 is 6.05.